The first-order valence-corrected chi connectivity index (χ1v) is 10.7. The standard InChI is InChI=1S/C25H27F3N4O/c1-5-31(6-2)22-10-12-23(13-11-22)32-17(3)14-20(18(32)4)16-29-30-24(33)19-8-7-9-21(15-19)25(26,27)28/h7-16H,5-6H2,1-4H3,(H,30,33)/b29-16-. The molecule has 0 atom stereocenters. The van der Waals surface area contributed by atoms with Crippen LogP contribution in [0.1, 0.15) is 46.7 Å². The van der Waals surface area contributed by atoms with Crippen molar-refractivity contribution in [3.63, 3.8) is 0 Å². The molecule has 0 aliphatic carbocycles. The van der Waals surface area contributed by atoms with Crippen molar-refractivity contribution >= 4 is 17.8 Å². The highest BCUT2D eigenvalue weighted by Crippen LogP contribution is 2.29. The van der Waals surface area contributed by atoms with Gasteiger partial charge in [-0.25, -0.2) is 5.43 Å². The molecule has 1 amide bonds. The Morgan fingerprint density at radius 2 is 1.73 bits per heavy atom. The van der Waals surface area contributed by atoms with E-state index in [9.17, 15) is 18.0 Å². The first-order chi connectivity index (χ1) is 15.7. The van der Waals surface area contributed by atoms with Gasteiger partial charge in [0, 0.05) is 47.0 Å². The van der Waals surface area contributed by atoms with Gasteiger partial charge < -0.3 is 9.47 Å². The summed E-state index contributed by atoms with van der Waals surface area (Å²) in [6.45, 7) is 10.0. The topological polar surface area (TPSA) is 49.6 Å². The number of amides is 1. The van der Waals surface area contributed by atoms with Gasteiger partial charge in [0.25, 0.3) is 5.91 Å². The predicted octanol–water partition coefficient (Wildman–Crippen LogP) is 5.72. The van der Waals surface area contributed by atoms with Crippen LogP contribution in [0.5, 0.6) is 0 Å². The van der Waals surface area contributed by atoms with Gasteiger partial charge in [0.05, 0.1) is 11.8 Å². The number of nitrogens with zero attached hydrogens (tertiary/aromatic N) is 3. The predicted molar refractivity (Wildman–Crippen MR) is 125 cm³/mol. The van der Waals surface area contributed by atoms with Gasteiger partial charge in [-0.1, -0.05) is 6.07 Å². The number of carbonyl (C=O) groups is 1. The Labute approximate surface area is 191 Å². The molecule has 3 rings (SSSR count). The molecule has 0 unspecified atom stereocenters. The fourth-order valence-electron chi connectivity index (χ4n) is 3.78. The molecule has 0 bridgehead atoms. The molecular formula is C25H27F3N4O. The average Bonchev–Trinajstić information content (AvgIpc) is 3.07. The molecule has 174 valence electrons. The number of halogens is 3. The number of anilines is 1. The molecule has 1 N–H and O–H groups in total. The van der Waals surface area contributed by atoms with E-state index in [0.29, 0.717) is 0 Å². The number of aromatic nitrogens is 1. The Kier molecular flexibility index (Phi) is 7.26. The maximum atomic E-state index is 12.9. The van der Waals surface area contributed by atoms with Crippen LogP contribution in [0.25, 0.3) is 5.69 Å². The summed E-state index contributed by atoms with van der Waals surface area (Å²) in [7, 11) is 0. The van der Waals surface area contributed by atoms with E-state index in [1.165, 1.54) is 18.3 Å². The number of hydrogen-bond donors (Lipinski definition) is 1. The molecule has 0 saturated heterocycles. The monoisotopic (exact) mass is 456 g/mol. The minimum Gasteiger partial charge on any atom is -0.372 e. The highest BCUT2D eigenvalue weighted by atomic mass is 19.4. The van der Waals surface area contributed by atoms with Crippen molar-refractivity contribution in [2.24, 2.45) is 5.10 Å². The third kappa shape index (κ3) is 5.45. The second-order valence-corrected chi connectivity index (χ2v) is 7.63. The van der Waals surface area contributed by atoms with Gasteiger partial charge in [0.2, 0.25) is 0 Å². The fourth-order valence-corrected chi connectivity index (χ4v) is 3.78. The number of benzene rings is 2. The summed E-state index contributed by atoms with van der Waals surface area (Å²) in [6, 6.07) is 14.5. The molecule has 3 aromatic rings. The first-order valence-electron chi connectivity index (χ1n) is 10.7. The highest BCUT2D eigenvalue weighted by molar-refractivity contribution is 5.95. The number of nitrogens with one attached hydrogen (secondary N) is 1. The molecule has 1 aromatic heterocycles. The van der Waals surface area contributed by atoms with E-state index < -0.39 is 17.6 Å². The summed E-state index contributed by atoms with van der Waals surface area (Å²) in [6.07, 6.45) is -3.02. The summed E-state index contributed by atoms with van der Waals surface area (Å²) in [4.78, 5) is 14.5. The van der Waals surface area contributed by atoms with Crippen molar-refractivity contribution in [1.82, 2.24) is 9.99 Å². The Morgan fingerprint density at radius 1 is 1.06 bits per heavy atom. The second-order valence-electron chi connectivity index (χ2n) is 7.63. The van der Waals surface area contributed by atoms with Crippen LogP contribution in [0.2, 0.25) is 0 Å². The number of carbonyl (C=O) groups excluding carboxylic acids is 1. The van der Waals surface area contributed by atoms with Gasteiger partial charge in [-0.2, -0.15) is 18.3 Å². The minimum atomic E-state index is -4.51. The Bertz CT molecular complexity index is 1140. The smallest absolute Gasteiger partial charge is 0.372 e. The van der Waals surface area contributed by atoms with E-state index in [4.69, 9.17) is 0 Å². The highest BCUT2D eigenvalue weighted by Gasteiger charge is 2.30. The summed E-state index contributed by atoms with van der Waals surface area (Å²) < 4.78 is 40.7. The van der Waals surface area contributed by atoms with Crippen LogP contribution in [0.15, 0.2) is 59.7 Å². The largest absolute Gasteiger partial charge is 0.416 e. The number of aryl methyl sites for hydroxylation is 1. The summed E-state index contributed by atoms with van der Waals surface area (Å²) in [5.74, 6) is -0.710. The second kappa shape index (κ2) is 9.94. The lowest BCUT2D eigenvalue weighted by Gasteiger charge is -2.21. The summed E-state index contributed by atoms with van der Waals surface area (Å²) in [5, 5.41) is 3.95. The van der Waals surface area contributed by atoms with Crippen LogP contribution >= 0.6 is 0 Å². The van der Waals surface area contributed by atoms with Crippen molar-refractivity contribution < 1.29 is 18.0 Å². The van der Waals surface area contributed by atoms with Crippen LogP contribution in [0, 0.1) is 13.8 Å². The van der Waals surface area contributed by atoms with Crippen molar-refractivity contribution in [3.05, 3.63) is 82.7 Å². The van der Waals surface area contributed by atoms with Gasteiger partial charge in [0.1, 0.15) is 0 Å². The lowest BCUT2D eigenvalue weighted by Crippen LogP contribution is -2.21. The molecule has 0 saturated carbocycles. The van der Waals surface area contributed by atoms with E-state index in [0.717, 1.165) is 53.5 Å². The van der Waals surface area contributed by atoms with Crippen LogP contribution in [-0.4, -0.2) is 29.8 Å². The van der Waals surface area contributed by atoms with Crippen molar-refractivity contribution in [1.29, 1.82) is 0 Å². The third-order valence-electron chi connectivity index (χ3n) is 5.53. The molecule has 0 aliphatic rings. The van der Waals surface area contributed by atoms with Gasteiger partial charge >= 0.3 is 6.18 Å². The SMILES string of the molecule is CCN(CC)c1ccc(-n2c(C)cc(/C=N\NC(=O)c3cccc(C(F)(F)F)c3)c2C)cc1. The van der Waals surface area contributed by atoms with Gasteiger partial charge in [-0.3, -0.25) is 4.79 Å². The van der Waals surface area contributed by atoms with Crippen LogP contribution in [-0.2, 0) is 6.18 Å². The quantitative estimate of drug-likeness (QED) is 0.365. The molecule has 5 nitrogen and oxygen atoms in total. The Hall–Kier alpha value is -3.55. The molecule has 0 spiro atoms. The summed E-state index contributed by atoms with van der Waals surface area (Å²) in [5.41, 5.74) is 6.20. The number of alkyl halides is 3. The van der Waals surface area contributed by atoms with E-state index in [1.807, 2.05) is 19.9 Å². The minimum absolute atomic E-state index is 0.110. The molecule has 0 fully saturated rings. The maximum absolute atomic E-state index is 12.9. The summed E-state index contributed by atoms with van der Waals surface area (Å²) >= 11 is 0. The maximum Gasteiger partial charge on any atom is 0.416 e. The van der Waals surface area contributed by atoms with Gasteiger partial charge in [-0.05, 0) is 76.2 Å². The Balaban J connectivity index is 1.76. The Morgan fingerprint density at radius 3 is 2.33 bits per heavy atom. The third-order valence-corrected chi connectivity index (χ3v) is 5.53. The molecule has 2 aromatic carbocycles. The fraction of sp³-hybridized carbons (Fsp3) is 0.280. The molecule has 0 aliphatic heterocycles. The zero-order valence-electron chi connectivity index (χ0n) is 19.1. The van der Waals surface area contributed by atoms with Crippen molar-refractivity contribution in [3.8, 4) is 5.69 Å². The molecule has 0 radical (unpaired) electrons. The van der Waals surface area contributed by atoms with Crippen LogP contribution in [0.3, 0.4) is 0 Å². The molecule has 1 heterocycles. The number of hydrogen-bond acceptors (Lipinski definition) is 3. The number of rotatable bonds is 7. The average molecular weight is 457 g/mol. The van der Waals surface area contributed by atoms with Crippen LogP contribution < -0.4 is 10.3 Å². The zero-order valence-corrected chi connectivity index (χ0v) is 19.1. The van der Waals surface area contributed by atoms with E-state index in [2.05, 4.69) is 58.1 Å². The van der Waals surface area contributed by atoms with E-state index in [-0.39, 0.29) is 5.56 Å². The van der Waals surface area contributed by atoms with Gasteiger partial charge in [0.15, 0.2) is 0 Å². The number of hydrazone groups is 1. The molecule has 8 heteroatoms. The molecular weight excluding hydrogens is 429 g/mol. The lowest BCUT2D eigenvalue weighted by atomic mass is 10.1. The van der Waals surface area contributed by atoms with Gasteiger partial charge in [-0.15, -0.1) is 0 Å². The zero-order chi connectivity index (χ0) is 24.2. The first kappa shape index (κ1) is 24.1. The van der Waals surface area contributed by atoms with Crippen LogP contribution in [0.4, 0.5) is 18.9 Å². The van der Waals surface area contributed by atoms with E-state index in [1.54, 1.807) is 0 Å². The van der Waals surface area contributed by atoms with E-state index >= 15 is 0 Å². The molecule has 33 heavy (non-hydrogen) atoms. The van der Waals surface area contributed by atoms with Crippen molar-refractivity contribution in [2.45, 2.75) is 33.9 Å². The van der Waals surface area contributed by atoms with Crippen molar-refractivity contribution in [2.75, 3.05) is 18.0 Å². The lowest BCUT2D eigenvalue weighted by molar-refractivity contribution is -0.137. The normalized spacial score (nSPS) is 11.7.